The summed E-state index contributed by atoms with van der Waals surface area (Å²) in [5, 5.41) is 6.58. The van der Waals surface area contributed by atoms with E-state index in [0.717, 1.165) is 12.1 Å². The Labute approximate surface area is 141 Å². The molecule has 0 bridgehead atoms. The Kier molecular flexibility index (Phi) is 3.45. The molecule has 3 heterocycles. The number of H-pyrrole nitrogens is 1. The zero-order chi connectivity index (χ0) is 17.6. The van der Waals surface area contributed by atoms with E-state index in [-0.39, 0.29) is 23.5 Å². The summed E-state index contributed by atoms with van der Waals surface area (Å²) in [4.78, 5) is 18.8. The van der Waals surface area contributed by atoms with Gasteiger partial charge in [-0.05, 0) is 24.3 Å². The fraction of sp³-hybridized carbons (Fsp3) is 0.118. The molecule has 3 aromatic rings. The van der Waals surface area contributed by atoms with Crippen LogP contribution in [0.3, 0.4) is 0 Å². The first kappa shape index (κ1) is 15.3. The van der Waals surface area contributed by atoms with Crippen LogP contribution in [0.25, 0.3) is 0 Å². The average Bonchev–Trinajstić information content (AvgIpc) is 3.00. The first-order valence-electron chi connectivity index (χ1n) is 7.58. The molecule has 8 heteroatoms. The number of nitrogens with one attached hydrogen (secondary N) is 1. The quantitative estimate of drug-likeness (QED) is 0.748. The van der Waals surface area contributed by atoms with Gasteiger partial charge in [0.1, 0.15) is 28.8 Å². The number of halogens is 2. The number of carbonyl (C=O) groups excluding carboxylic acids is 1. The van der Waals surface area contributed by atoms with Gasteiger partial charge in [0.05, 0.1) is 5.92 Å². The smallest absolute Gasteiger partial charge is 0.179 e. The van der Waals surface area contributed by atoms with E-state index in [1.807, 2.05) is 0 Å². The van der Waals surface area contributed by atoms with Gasteiger partial charge in [-0.1, -0.05) is 12.1 Å². The van der Waals surface area contributed by atoms with E-state index in [1.54, 1.807) is 29.3 Å². The second-order valence-electron chi connectivity index (χ2n) is 5.68. The number of benzene rings is 1. The van der Waals surface area contributed by atoms with Gasteiger partial charge in [0, 0.05) is 18.3 Å². The van der Waals surface area contributed by atoms with Gasteiger partial charge >= 0.3 is 0 Å². The van der Waals surface area contributed by atoms with Crippen molar-refractivity contribution in [3.8, 4) is 0 Å². The van der Waals surface area contributed by atoms with Crippen LogP contribution in [0.15, 0.2) is 42.6 Å². The largest absolute Gasteiger partial charge is 0.382 e. The summed E-state index contributed by atoms with van der Waals surface area (Å²) in [7, 11) is 0. The number of hydrogen-bond donors (Lipinski definition) is 2. The molecule has 0 saturated carbocycles. The lowest BCUT2D eigenvalue weighted by Crippen LogP contribution is -2.36. The van der Waals surface area contributed by atoms with Crippen molar-refractivity contribution in [3.05, 3.63) is 65.4 Å². The lowest BCUT2D eigenvalue weighted by molar-refractivity contribution is 0.0954. The molecule has 1 aliphatic heterocycles. The van der Waals surface area contributed by atoms with E-state index in [4.69, 9.17) is 5.73 Å². The van der Waals surface area contributed by atoms with Crippen LogP contribution in [0, 0.1) is 11.6 Å². The molecular weight excluding hydrogens is 328 g/mol. The molecule has 6 nitrogen and oxygen atoms in total. The van der Waals surface area contributed by atoms with E-state index < -0.39 is 23.3 Å². The zero-order valence-corrected chi connectivity index (χ0v) is 12.9. The highest BCUT2D eigenvalue weighted by atomic mass is 19.1. The van der Waals surface area contributed by atoms with Crippen molar-refractivity contribution in [3.63, 3.8) is 0 Å². The molecule has 0 fully saturated rings. The van der Waals surface area contributed by atoms with Crippen molar-refractivity contribution in [1.82, 2.24) is 15.2 Å². The summed E-state index contributed by atoms with van der Waals surface area (Å²) in [5.41, 5.74) is 5.65. The molecule has 1 atom stereocenters. The molecule has 0 aliphatic carbocycles. The molecule has 0 radical (unpaired) electrons. The van der Waals surface area contributed by atoms with Gasteiger partial charge in [0.15, 0.2) is 11.6 Å². The number of ketones is 1. The molecule has 4 rings (SSSR count). The van der Waals surface area contributed by atoms with Crippen LogP contribution < -0.4 is 10.6 Å². The van der Waals surface area contributed by atoms with Crippen molar-refractivity contribution in [1.29, 1.82) is 0 Å². The molecule has 1 aromatic carbocycles. The molecule has 3 N–H and O–H groups in total. The Morgan fingerprint density at radius 3 is 2.60 bits per heavy atom. The Hall–Kier alpha value is -3.29. The second-order valence-corrected chi connectivity index (χ2v) is 5.68. The van der Waals surface area contributed by atoms with Crippen LogP contribution in [0.2, 0.25) is 0 Å². The van der Waals surface area contributed by atoms with Crippen LogP contribution in [-0.4, -0.2) is 27.5 Å². The standard InChI is InChI=1S/C17H13F2N5O/c18-10-4-3-5-11(19)13(10)9-8-24(12-6-1-2-7-21-12)17-14(15(9)25)16(20)22-23-17/h1-7,9H,8H2,(H3,20,22,23). The number of anilines is 3. The van der Waals surface area contributed by atoms with Gasteiger partial charge in [0.25, 0.3) is 0 Å². The number of nitrogens with zero attached hydrogens (tertiary/aromatic N) is 3. The Balaban J connectivity index is 1.89. The first-order valence-corrected chi connectivity index (χ1v) is 7.58. The molecule has 25 heavy (non-hydrogen) atoms. The van der Waals surface area contributed by atoms with Crippen LogP contribution in [0.4, 0.5) is 26.2 Å². The van der Waals surface area contributed by atoms with Crippen molar-refractivity contribution in [2.45, 2.75) is 5.92 Å². The zero-order valence-electron chi connectivity index (χ0n) is 12.9. The van der Waals surface area contributed by atoms with Crippen molar-refractivity contribution in [2.24, 2.45) is 0 Å². The third-order valence-electron chi connectivity index (χ3n) is 4.25. The average molecular weight is 341 g/mol. The SMILES string of the molecule is Nc1n[nH]c2c1C(=O)C(c1c(F)cccc1F)CN2c1ccccn1. The van der Waals surface area contributed by atoms with E-state index >= 15 is 0 Å². The monoisotopic (exact) mass is 341 g/mol. The van der Waals surface area contributed by atoms with Crippen molar-refractivity contribution >= 4 is 23.2 Å². The molecule has 0 saturated heterocycles. The van der Waals surface area contributed by atoms with Gasteiger partial charge in [0.2, 0.25) is 0 Å². The highest BCUT2D eigenvalue weighted by molar-refractivity contribution is 6.11. The number of aromatic nitrogens is 3. The Morgan fingerprint density at radius 2 is 1.92 bits per heavy atom. The molecule has 126 valence electrons. The Morgan fingerprint density at radius 1 is 1.16 bits per heavy atom. The third-order valence-corrected chi connectivity index (χ3v) is 4.25. The summed E-state index contributed by atoms with van der Waals surface area (Å²) in [6, 6.07) is 8.77. The van der Waals surface area contributed by atoms with Gasteiger partial charge < -0.3 is 10.6 Å². The van der Waals surface area contributed by atoms with Crippen LogP contribution in [-0.2, 0) is 0 Å². The number of pyridine rings is 1. The number of aromatic amines is 1. The molecule has 0 amide bonds. The molecule has 0 spiro atoms. The van der Waals surface area contributed by atoms with Gasteiger partial charge in [-0.15, -0.1) is 0 Å². The van der Waals surface area contributed by atoms with Crippen molar-refractivity contribution in [2.75, 3.05) is 17.2 Å². The number of carbonyl (C=O) groups is 1. The number of nitrogen functional groups attached to an aromatic ring is 1. The summed E-state index contributed by atoms with van der Waals surface area (Å²) >= 11 is 0. The maximum atomic E-state index is 14.3. The van der Waals surface area contributed by atoms with Crippen molar-refractivity contribution < 1.29 is 13.6 Å². The summed E-state index contributed by atoms with van der Waals surface area (Å²) in [6.45, 7) is 0.0162. The highest BCUT2D eigenvalue weighted by Crippen LogP contribution is 2.40. The number of nitrogens with two attached hydrogens (primary N) is 1. The molecular formula is C17H13F2N5O. The lowest BCUT2D eigenvalue weighted by Gasteiger charge is -2.32. The third kappa shape index (κ3) is 2.34. The summed E-state index contributed by atoms with van der Waals surface area (Å²) in [5.74, 6) is -2.21. The maximum absolute atomic E-state index is 14.3. The predicted molar refractivity (Wildman–Crippen MR) is 87.7 cm³/mol. The summed E-state index contributed by atoms with van der Waals surface area (Å²) < 4.78 is 28.5. The Bertz CT molecular complexity index is 937. The highest BCUT2D eigenvalue weighted by Gasteiger charge is 2.39. The number of hydrogen-bond acceptors (Lipinski definition) is 5. The van der Waals surface area contributed by atoms with Crippen LogP contribution in [0.1, 0.15) is 21.8 Å². The van der Waals surface area contributed by atoms with Crippen LogP contribution in [0.5, 0.6) is 0 Å². The molecule has 2 aromatic heterocycles. The van der Waals surface area contributed by atoms with Gasteiger partial charge in [-0.3, -0.25) is 9.89 Å². The van der Waals surface area contributed by atoms with E-state index in [1.165, 1.54) is 6.07 Å². The van der Waals surface area contributed by atoms with Gasteiger partial charge in [-0.25, -0.2) is 13.8 Å². The maximum Gasteiger partial charge on any atom is 0.179 e. The minimum Gasteiger partial charge on any atom is -0.382 e. The lowest BCUT2D eigenvalue weighted by atomic mass is 9.87. The number of fused-ring (bicyclic) bond motifs is 1. The predicted octanol–water partition coefficient (Wildman–Crippen LogP) is 2.78. The minimum absolute atomic E-state index is 0.0117. The van der Waals surface area contributed by atoms with Crippen LogP contribution >= 0.6 is 0 Å². The fourth-order valence-corrected chi connectivity index (χ4v) is 3.10. The first-order chi connectivity index (χ1) is 12.1. The van der Waals surface area contributed by atoms with E-state index in [2.05, 4.69) is 15.2 Å². The van der Waals surface area contributed by atoms with Gasteiger partial charge in [-0.2, -0.15) is 5.10 Å². The second kappa shape index (κ2) is 5.66. The van der Waals surface area contributed by atoms with E-state index in [0.29, 0.717) is 11.6 Å². The molecule has 1 aliphatic rings. The number of rotatable bonds is 2. The number of Topliss-reactive ketones (excluding diaryl/α,β-unsaturated/α-hetero) is 1. The topological polar surface area (TPSA) is 87.9 Å². The fourth-order valence-electron chi connectivity index (χ4n) is 3.10. The molecule has 1 unspecified atom stereocenters. The minimum atomic E-state index is -1.06. The normalized spacial score (nSPS) is 16.8. The van der Waals surface area contributed by atoms with E-state index in [9.17, 15) is 13.6 Å². The summed E-state index contributed by atoms with van der Waals surface area (Å²) in [6.07, 6.45) is 1.59.